The van der Waals surface area contributed by atoms with Gasteiger partial charge in [0.05, 0.1) is 24.2 Å². The summed E-state index contributed by atoms with van der Waals surface area (Å²) in [5.41, 5.74) is 0.768. The lowest BCUT2D eigenvalue weighted by Crippen LogP contribution is -2.42. The fourth-order valence-electron chi connectivity index (χ4n) is 3.97. The largest absolute Gasteiger partial charge is 0.466 e. The summed E-state index contributed by atoms with van der Waals surface area (Å²) in [5.74, 6) is -1.16. The number of esters is 1. The van der Waals surface area contributed by atoms with E-state index >= 15 is 0 Å². The maximum absolute atomic E-state index is 12.9. The molecule has 0 aromatic heterocycles. The molecule has 0 bridgehead atoms. The maximum Gasteiger partial charge on any atom is 0.307 e. The average Bonchev–Trinajstić information content (AvgIpc) is 3.29. The number of nitrogens with zero attached hydrogens (tertiary/aromatic N) is 2. The molecule has 0 N–H and O–H groups in total. The van der Waals surface area contributed by atoms with E-state index in [0.717, 1.165) is 30.6 Å². The fourth-order valence-corrected chi connectivity index (χ4v) is 3.97. The van der Waals surface area contributed by atoms with Crippen molar-refractivity contribution in [2.45, 2.75) is 51.5 Å². The van der Waals surface area contributed by atoms with Crippen molar-refractivity contribution in [1.29, 1.82) is 0 Å². The molecule has 1 saturated carbocycles. The van der Waals surface area contributed by atoms with Gasteiger partial charge in [0.25, 0.3) is 11.8 Å². The number of amides is 3. The van der Waals surface area contributed by atoms with Crippen molar-refractivity contribution in [3.63, 3.8) is 0 Å². The molecule has 1 aromatic rings. The van der Waals surface area contributed by atoms with Gasteiger partial charge in [-0.05, 0) is 31.9 Å². The van der Waals surface area contributed by atoms with Crippen molar-refractivity contribution in [2.24, 2.45) is 0 Å². The van der Waals surface area contributed by atoms with Gasteiger partial charge in [-0.25, -0.2) is 0 Å². The second-order valence-corrected chi connectivity index (χ2v) is 7.14. The first-order chi connectivity index (χ1) is 13.5. The van der Waals surface area contributed by atoms with Crippen molar-refractivity contribution in [3.05, 3.63) is 35.4 Å². The summed E-state index contributed by atoms with van der Waals surface area (Å²) < 4.78 is 4.97. The van der Waals surface area contributed by atoms with Crippen LogP contribution in [0.3, 0.4) is 0 Å². The molecule has 0 saturated heterocycles. The third-order valence-electron chi connectivity index (χ3n) is 5.38. The molecule has 0 unspecified atom stereocenters. The number of hydrogen-bond donors (Lipinski definition) is 0. The van der Waals surface area contributed by atoms with E-state index in [2.05, 4.69) is 0 Å². The Labute approximate surface area is 164 Å². The monoisotopic (exact) mass is 386 g/mol. The lowest BCUT2D eigenvalue weighted by atomic mass is 10.1. The molecule has 7 heteroatoms. The van der Waals surface area contributed by atoms with Crippen molar-refractivity contribution < 1.29 is 23.9 Å². The van der Waals surface area contributed by atoms with Gasteiger partial charge < -0.3 is 9.64 Å². The van der Waals surface area contributed by atoms with Crippen LogP contribution in [0.4, 0.5) is 0 Å². The van der Waals surface area contributed by atoms with Crippen LogP contribution in [0.5, 0.6) is 0 Å². The smallest absolute Gasteiger partial charge is 0.307 e. The molecule has 28 heavy (non-hydrogen) atoms. The van der Waals surface area contributed by atoms with Gasteiger partial charge in [0, 0.05) is 25.6 Å². The third-order valence-corrected chi connectivity index (χ3v) is 5.38. The molecular weight excluding hydrogens is 360 g/mol. The Morgan fingerprint density at radius 1 is 1.07 bits per heavy atom. The van der Waals surface area contributed by atoms with E-state index in [4.69, 9.17) is 4.74 Å². The molecule has 1 aliphatic heterocycles. The Hall–Kier alpha value is -2.70. The van der Waals surface area contributed by atoms with E-state index in [0.29, 0.717) is 24.3 Å². The first kappa shape index (κ1) is 20.0. The minimum Gasteiger partial charge on any atom is -0.466 e. The van der Waals surface area contributed by atoms with Crippen molar-refractivity contribution in [3.8, 4) is 0 Å². The predicted octanol–water partition coefficient (Wildman–Crippen LogP) is 2.40. The predicted molar refractivity (Wildman–Crippen MR) is 102 cm³/mol. The molecule has 1 heterocycles. The minimum atomic E-state index is -0.354. The fraction of sp³-hybridized carbons (Fsp3) is 0.524. The van der Waals surface area contributed by atoms with E-state index in [9.17, 15) is 19.2 Å². The van der Waals surface area contributed by atoms with E-state index < -0.39 is 0 Å². The molecule has 3 rings (SSSR count). The van der Waals surface area contributed by atoms with Crippen molar-refractivity contribution >= 4 is 23.7 Å². The summed E-state index contributed by atoms with van der Waals surface area (Å²) in [6.45, 7) is 2.42. The van der Waals surface area contributed by atoms with Gasteiger partial charge >= 0.3 is 5.97 Å². The van der Waals surface area contributed by atoms with Gasteiger partial charge in [-0.2, -0.15) is 0 Å². The molecule has 1 fully saturated rings. The molecule has 1 aromatic carbocycles. The summed E-state index contributed by atoms with van der Waals surface area (Å²) >= 11 is 0. The highest BCUT2D eigenvalue weighted by atomic mass is 16.5. The van der Waals surface area contributed by atoms with Gasteiger partial charge in [-0.3, -0.25) is 24.1 Å². The zero-order valence-electron chi connectivity index (χ0n) is 16.2. The van der Waals surface area contributed by atoms with Crippen LogP contribution in [-0.2, 0) is 14.3 Å². The van der Waals surface area contributed by atoms with Gasteiger partial charge in [0.15, 0.2) is 0 Å². The molecule has 3 amide bonds. The Morgan fingerprint density at radius 3 is 2.25 bits per heavy atom. The quantitative estimate of drug-likeness (QED) is 0.506. The number of fused-ring (bicyclic) bond motifs is 1. The lowest BCUT2D eigenvalue weighted by Gasteiger charge is -2.29. The molecule has 0 spiro atoms. The van der Waals surface area contributed by atoms with Crippen molar-refractivity contribution in [2.75, 3.05) is 19.7 Å². The van der Waals surface area contributed by atoms with Crippen molar-refractivity contribution in [1.82, 2.24) is 9.80 Å². The van der Waals surface area contributed by atoms with Crippen LogP contribution in [0, 0.1) is 0 Å². The van der Waals surface area contributed by atoms with E-state index in [1.807, 2.05) is 0 Å². The SMILES string of the molecule is CCOC(=O)CCN(C(=O)CCN1C(=O)c2ccccc2C1=O)C1CCCC1. The van der Waals surface area contributed by atoms with Crippen LogP contribution in [-0.4, -0.2) is 59.2 Å². The number of hydrogen-bond acceptors (Lipinski definition) is 5. The Balaban J connectivity index is 1.61. The molecule has 0 atom stereocenters. The summed E-state index contributed by atoms with van der Waals surface area (Å²) in [7, 11) is 0. The van der Waals surface area contributed by atoms with E-state index in [-0.39, 0.29) is 49.1 Å². The van der Waals surface area contributed by atoms with Gasteiger partial charge in [0.1, 0.15) is 0 Å². The standard InChI is InChI=1S/C21H26N2O5/c1-2-28-19(25)12-14-22(15-7-3-4-8-15)18(24)11-13-23-20(26)16-9-5-6-10-17(16)21(23)27/h5-6,9-10,15H,2-4,7-8,11-14H2,1H3. The Kier molecular flexibility index (Phi) is 6.44. The maximum atomic E-state index is 12.9. The first-order valence-corrected chi connectivity index (χ1v) is 9.93. The molecule has 1 aliphatic carbocycles. The van der Waals surface area contributed by atoms with Crippen LogP contribution >= 0.6 is 0 Å². The Bertz CT molecular complexity index is 735. The minimum absolute atomic E-state index is 0.0494. The highest BCUT2D eigenvalue weighted by Crippen LogP contribution is 2.26. The lowest BCUT2D eigenvalue weighted by molar-refractivity contribution is -0.144. The second kappa shape index (κ2) is 8.99. The van der Waals surface area contributed by atoms with Gasteiger partial charge in [-0.15, -0.1) is 0 Å². The summed E-state index contributed by atoms with van der Waals surface area (Å²) in [6.07, 6.45) is 4.18. The molecule has 0 radical (unpaired) electrons. The molecular formula is C21H26N2O5. The topological polar surface area (TPSA) is 84.0 Å². The number of rotatable bonds is 8. The summed E-state index contributed by atoms with van der Waals surface area (Å²) in [5, 5.41) is 0. The second-order valence-electron chi connectivity index (χ2n) is 7.14. The number of imide groups is 1. The van der Waals surface area contributed by atoms with E-state index in [1.165, 1.54) is 0 Å². The summed E-state index contributed by atoms with van der Waals surface area (Å²) in [4.78, 5) is 52.4. The van der Waals surface area contributed by atoms with Crippen LogP contribution in [0.25, 0.3) is 0 Å². The highest BCUT2D eigenvalue weighted by Gasteiger charge is 2.36. The molecule has 2 aliphatic rings. The number of carbonyl (C=O) groups excluding carboxylic acids is 4. The molecule has 150 valence electrons. The number of benzene rings is 1. The van der Waals surface area contributed by atoms with Crippen LogP contribution < -0.4 is 0 Å². The number of carbonyl (C=O) groups is 4. The van der Waals surface area contributed by atoms with Crippen LogP contribution in [0.2, 0.25) is 0 Å². The zero-order valence-corrected chi connectivity index (χ0v) is 16.2. The van der Waals surface area contributed by atoms with E-state index in [1.54, 1.807) is 36.1 Å². The van der Waals surface area contributed by atoms with Crippen LogP contribution in [0.15, 0.2) is 24.3 Å². The third kappa shape index (κ3) is 4.24. The average molecular weight is 386 g/mol. The highest BCUT2D eigenvalue weighted by molar-refractivity contribution is 6.21. The zero-order chi connectivity index (χ0) is 20.1. The van der Waals surface area contributed by atoms with Gasteiger partial charge in [-0.1, -0.05) is 25.0 Å². The van der Waals surface area contributed by atoms with Crippen LogP contribution in [0.1, 0.15) is 66.2 Å². The first-order valence-electron chi connectivity index (χ1n) is 9.93. The number of ether oxygens (including phenoxy) is 1. The van der Waals surface area contributed by atoms with Gasteiger partial charge in [0.2, 0.25) is 5.91 Å². The summed E-state index contributed by atoms with van der Waals surface area (Å²) in [6, 6.07) is 6.80. The Morgan fingerprint density at radius 2 is 1.68 bits per heavy atom. The normalized spacial score (nSPS) is 16.4. The molecule has 7 nitrogen and oxygen atoms in total.